The number of imidazole rings is 1. The van der Waals surface area contributed by atoms with Crippen molar-refractivity contribution in [1.29, 1.82) is 0 Å². The Balaban J connectivity index is 1.66. The van der Waals surface area contributed by atoms with Crippen molar-refractivity contribution in [1.82, 2.24) is 14.5 Å². The van der Waals surface area contributed by atoms with Crippen molar-refractivity contribution in [3.05, 3.63) is 12.4 Å². The maximum Gasteiger partial charge on any atom is 0.203 e. The largest absolute Gasteiger partial charge is 0.352 e. The van der Waals surface area contributed by atoms with Crippen molar-refractivity contribution in [2.75, 3.05) is 25.5 Å². The van der Waals surface area contributed by atoms with Crippen LogP contribution in [-0.2, 0) is 0 Å². The van der Waals surface area contributed by atoms with Gasteiger partial charge in [0.15, 0.2) is 0 Å². The topological polar surface area (TPSA) is 33.1 Å². The van der Waals surface area contributed by atoms with E-state index in [2.05, 4.69) is 33.0 Å². The molecular formula is C12H20N4. The summed E-state index contributed by atoms with van der Waals surface area (Å²) in [6, 6.07) is 1.28. The molecule has 1 saturated carbocycles. The van der Waals surface area contributed by atoms with Crippen LogP contribution in [0.2, 0.25) is 0 Å². The highest BCUT2D eigenvalue weighted by Crippen LogP contribution is 2.36. The molecule has 16 heavy (non-hydrogen) atoms. The summed E-state index contributed by atoms with van der Waals surface area (Å²) in [6.07, 6.45) is 9.20. The first-order valence-electron chi connectivity index (χ1n) is 6.31. The molecule has 1 aromatic heterocycles. The molecule has 1 atom stereocenters. The van der Waals surface area contributed by atoms with Crippen molar-refractivity contribution < 1.29 is 0 Å². The maximum atomic E-state index is 4.43. The molecule has 0 spiro atoms. The van der Waals surface area contributed by atoms with Crippen LogP contribution >= 0.6 is 0 Å². The summed E-state index contributed by atoms with van der Waals surface area (Å²) in [4.78, 5) is 6.82. The number of hydrogen-bond acceptors (Lipinski definition) is 3. The highest BCUT2D eigenvalue weighted by atomic mass is 15.3. The molecule has 4 nitrogen and oxygen atoms in total. The van der Waals surface area contributed by atoms with Gasteiger partial charge in [-0.3, -0.25) is 0 Å². The Morgan fingerprint density at radius 1 is 1.38 bits per heavy atom. The lowest BCUT2D eigenvalue weighted by Crippen LogP contribution is -2.40. The second-order valence-electron chi connectivity index (χ2n) is 5.14. The molecule has 1 saturated heterocycles. The van der Waals surface area contributed by atoms with E-state index in [1.807, 2.05) is 6.20 Å². The van der Waals surface area contributed by atoms with E-state index in [0.717, 1.165) is 12.5 Å². The number of likely N-dealkylation sites (N-methyl/N-ethyl adjacent to an activating group) is 1. The van der Waals surface area contributed by atoms with E-state index in [-0.39, 0.29) is 0 Å². The number of hydrogen-bond donors (Lipinski definition) is 1. The molecule has 1 aliphatic heterocycles. The van der Waals surface area contributed by atoms with Crippen LogP contribution in [0.25, 0.3) is 0 Å². The van der Waals surface area contributed by atoms with Crippen LogP contribution in [0.15, 0.2) is 12.4 Å². The Labute approximate surface area is 96.7 Å². The van der Waals surface area contributed by atoms with E-state index in [9.17, 15) is 0 Å². The minimum atomic E-state index is 0.568. The SMILES string of the molecule is CN1CCCC(Nc2nccn2C2CC2)C1. The minimum absolute atomic E-state index is 0.568. The Morgan fingerprint density at radius 3 is 3.00 bits per heavy atom. The van der Waals surface area contributed by atoms with E-state index in [1.54, 1.807) is 0 Å². The minimum Gasteiger partial charge on any atom is -0.352 e. The van der Waals surface area contributed by atoms with Gasteiger partial charge in [0, 0.05) is 31.0 Å². The molecule has 2 fully saturated rings. The smallest absolute Gasteiger partial charge is 0.203 e. The van der Waals surface area contributed by atoms with Crippen molar-refractivity contribution >= 4 is 5.95 Å². The first kappa shape index (κ1) is 10.1. The standard InChI is InChI=1S/C12H20N4/c1-15-7-2-3-10(9-15)14-12-13-6-8-16(12)11-4-5-11/h6,8,10-11H,2-5,7,9H2,1H3,(H,13,14). The van der Waals surface area contributed by atoms with E-state index < -0.39 is 0 Å². The lowest BCUT2D eigenvalue weighted by molar-refractivity contribution is 0.260. The fraction of sp³-hybridized carbons (Fsp3) is 0.750. The van der Waals surface area contributed by atoms with Gasteiger partial charge < -0.3 is 14.8 Å². The fourth-order valence-corrected chi connectivity index (χ4v) is 2.54. The molecule has 0 aromatic carbocycles. The molecule has 1 unspecified atom stereocenters. The normalized spacial score (nSPS) is 26.9. The van der Waals surface area contributed by atoms with Crippen LogP contribution in [0.4, 0.5) is 5.95 Å². The lowest BCUT2D eigenvalue weighted by Gasteiger charge is -2.30. The predicted molar refractivity (Wildman–Crippen MR) is 64.6 cm³/mol. The average Bonchev–Trinajstić information content (AvgIpc) is 3.00. The third kappa shape index (κ3) is 2.07. The summed E-state index contributed by atoms with van der Waals surface area (Å²) in [6.45, 7) is 2.37. The van der Waals surface area contributed by atoms with E-state index in [4.69, 9.17) is 0 Å². The Bertz CT molecular complexity index is 356. The zero-order valence-electron chi connectivity index (χ0n) is 9.89. The van der Waals surface area contributed by atoms with Crippen LogP contribution in [0.1, 0.15) is 31.7 Å². The molecule has 2 aliphatic rings. The number of nitrogens with one attached hydrogen (secondary N) is 1. The summed E-state index contributed by atoms with van der Waals surface area (Å²) in [5, 5.41) is 3.59. The molecule has 1 N–H and O–H groups in total. The number of rotatable bonds is 3. The van der Waals surface area contributed by atoms with Crippen LogP contribution in [-0.4, -0.2) is 40.6 Å². The highest BCUT2D eigenvalue weighted by molar-refractivity contribution is 5.29. The van der Waals surface area contributed by atoms with Gasteiger partial charge in [-0.1, -0.05) is 0 Å². The Hall–Kier alpha value is -1.03. The van der Waals surface area contributed by atoms with Crippen molar-refractivity contribution in [3.8, 4) is 0 Å². The molecule has 0 radical (unpaired) electrons. The van der Waals surface area contributed by atoms with Gasteiger partial charge in [0.05, 0.1) is 0 Å². The molecular weight excluding hydrogens is 200 g/mol. The monoisotopic (exact) mass is 220 g/mol. The molecule has 1 aromatic rings. The van der Waals surface area contributed by atoms with Crippen LogP contribution in [0.5, 0.6) is 0 Å². The second kappa shape index (κ2) is 4.09. The summed E-state index contributed by atoms with van der Waals surface area (Å²) >= 11 is 0. The van der Waals surface area contributed by atoms with Crippen LogP contribution in [0, 0.1) is 0 Å². The third-order valence-electron chi connectivity index (χ3n) is 3.57. The summed E-state index contributed by atoms with van der Waals surface area (Å²) < 4.78 is 2.30. The number of piperidine rings is 1. The van der Waals surface area contributed by atoms with Gasteiger partial charge in [-0.2, -0.15) is 0 Å². The third-order valence-corrected chi connectivity index (χ3v) is 3.57. The fourth-order valence-electron chi connectivity index (χ4n) is 2.54. The average molecular weight is 220 g/mol. The van der Waals surface area contributed by atoms with E-state index in [1.165, 1.54) is 32.2 Å². The second-order valence-corrected chi connectivity index (χ2v) is 5.14. The molecule has 1 aliphatic carbocycles. The molecule has 4 heteroatoms. The zero-order chi connectivity index (χ0) is 11.0. The Morgan fingerprint density at radius 2 is 2.25 bits per heavy atom. The van der Waals surface area contributed by atoms with Gasteiger partial charge >= 0.3 is 0 Å². The van der Waals surface area contributed by atoms with Crippen molar-refractivity contribution in [2.45, 2.75) is 37.8 Å². The highest BCUT2D eigenvalue weighted by Gasteiger charge is 2.26. The van der Waals surface area contributed by atoms with Gasteiger partial charge in [0.2, 0.25) is 5.95 Å². The van der Waals surface area contributed by atoms with Gasteiger partial charge in [-0.05, 0) is 39.3 Å². The summed E-state index contributed by atoms with van der Waals surface area (Å²) in [7, 11) is 2.20. The lowest BCUT2D eigenvalue weighted by atomic mass is 10.1. The Kier molecular flexibility index (Phi) is 2.59. The van der Waals surface area contributed by atoms with Gasteiger partial charge in [0.1, 0.15) is 0 Å². The quantitative estimate of drug-likeness (QED) is 0.842. The van der Waals surface area contributed by atoms with Gasteiger partial charge in [0.25, 0.3) is 0 Å². The van der Waals surface area contributed by atoms with Gasteiger partial charge in [-0.15, -0.1) is 0 Å². The van der Waals surface area contributed by atoms with E-state index >= 15 is 0 Å². The number of likely N-dealkylation sites (tertiary alicyclic amines) is 1. The van der Waals surface area contributed by atoms with Crippen LogP contribution in [0.3, 0.4) is 0 Å². The van der Waals surface area contributed by atoms with Crippen molar-refractivity contribution in [3.63, 3.8) is 0 Å². The predicted octanol–water partition coefficient (Wildman–Crippen LogP) is 1.72. The number of aromatic nitrogens is 2. The summed E-state index contributed by atoms with van der Waals surface area (Å²) in [5.74, 6) is 1.07. The number of anilines is 1. The zero-order valence-corrected chi connectivity index (χ0v) is 9.89. The molecule has 0 amide bonds. The molecule has 0 bridgehead atoms. The van der Waals surface area contributed by atoms with E-state index in [0.29, 0.717) is 12.1 Å². The molecule has 88 valence electrons. The van der Waals surface area contributed by atoms with Crippen LogP contribution < -0.4 is 5.32 Å². The first-order valence-corrected chi connectivity index (χ1v) is 6.31. The van der Waals surface area contributed by atoms with Crippen molar-refractivity contribution in [2.24, 2.45) is 0 Å². The first-order chi connectivity index (χ1) is 7.83. The number of nitrogens with zero attached hydrogens (tertiary/aromatic N) is 3. The maximum absolute atomic E-state index is 4.43. The molecule has 2 heterocycles. The molecule has 3 rings (SSSR count). The summed E-state index contributed by atoms with van der Waals surface area (Å²) in [5.41, 5.74) is 0. The van der Waals surface area contributed by atoms with Gasteiger partial charge in [-0.25, -0.2) is 4.98 Å².